The third kappa shape index (κ3) is 5.09. The maximum Gasteiger partial charge on any atom is 0.316 e. The first-order valence-corrected chi connectivity index (χ1v) is 11.7. The molecule has 3 aromatic heterocycles. The first-order valence-electron chi connectivity index (χ1n) is 10.1. The highest BCUT2D eigenvalue weighted by Gasteiger charge is 2.23. The normalized spacial score (nSPS) is 11.4. The van der Waals surface area contributed by atoms with E-state index in [0.29, 0.717) is 22.2 Å². The molecule has 1 aromatic carbocycles. The minimum absolute atomic E-state index is 0.119. The lowest BCUT2D eigenvalue weighted by Gasteiger charge is -2.10. The molecule has 4 rings (SSSR count). The number of halogens is 1. The van der Waals surface area contributed by atoms with Gasteiger partial charge in [-0.1, -0.05) is 6.07 Å². The van der Waals surface area contributed by atoms with Crippen molar-refractivity contribution in [3.63, 3.8) is 0 Å². The molecule has 0 bridgehead atoms. The Labute approximate surface area is 198 Å². The SMILES string of the molecule is COc1ncc(-c2cnc3[nH]cc(C(=O)c4cccc(NS(=O)(=O)CCC(=O)O)c4F)c3c2)cn1. The van der Waals surface area contributed by atoms with Gasteiger partial charge in [0.25, 0.3) is 0 Å². The van der Waals surface area contributed by atoms with Crippen molar-refractivity contribution in [2.45, 2.75) is 6.42 Å². The Kier molecular flexibility index (Phi) is 6.42. The van der Waals surface area contributed by atoms with Crippen LogP contribution in [0.2, 0.25) is 0 Å². The van der Waals surface area contributed by atoms with Crippen molar-refractivity contribution in [3.8, 4) is 17.1 Å². The molecule has 11 nitrogen and oxygen atoms in total. The van der Waals surface area contributed by atoms with Crippen molar-refractivity contribution < 1.29 is 32.2 Å². The molecule has 0 aliphatic carbocycles. The number of aliphatic carboxylic acids is 1. The Morgan fingerprint density at radius 1 is 1.11 bits per heavy atom. The predicted molar refractivity (Wildman–Crippen MR) is 123 cm³/mol. The van der Waals surface area contributed by atoms with Crippen LogP contribution in [0.3, 0.4) is 0 Å². The van der Waals surface area contributed by atoms with Gasteiger partial charge >= 0.3 is 12.0 Å². The number of fused-ring (bicyclic) bond motifs is 1. The van der Waals surface area contributed by atoms with Crippen LogP contribution in [-0.2, 0) is 14.8 Å². The maximum absolute atomic E-state index is 15.1. The molecule has 35 heavy (non-hydrogen) atoms. The third-order valence-electron chi connectivity index (χ3n) is 5.01. The fourth-order valence-corrected chi connectivity index (χ4v) is 4.33. The van der Waals surface area contributed by atoms with E-state index in [1.54, 1.807) is 12.3 Å². The van der Waals surface area contributed by atoms with E-state index in [2.05, 4.69) is 19.9 Å². The zero-order valence-corrected chi connectivity index (χ0v) is 19.0. The number of carbonyl (C=O) groups is 2. The molecule has 0 aliphatic heterocycles. The van der Waals surface area contributed by atoms with E-state index in [9.17, 15) is 18.0 Å². The molecule has 3 N–H and O–H groups in total. The summed E-state index contributed by atoms with van der Waals surface area (Å²) in [6.07, 6.45) is 5.35. The second-order valence-corrected chi connectivity index (χ2v) is 9.18. The summed E-state index contributed by atoms with van der Waals surface area (Å²) in [4.78, 5) is 39.1. The predicted octanol–water partition coefficient (Wildman–Crippen LogP) is 2.62. The lowest BCUT2D eigenvalue weighted by atomic mass is 10.0. The van der Waals surface area contributed by atoms with E-state index in [1.807, 2.05) is 4.72 Å². The van der Waals surface area contributed by atoms with Gasteiger partial charge in [-0.25, -0.2) is 27.8 Å². The largest absolute Gasteiger partial charge is 0.481 e. The van der Waals surface area contributed by atoms with Crippen LogP contribution in [0.1, 0.15) is 22.3 Å². The Hall–Kier alpha value is -4.39. The van der Waals surface area contributed by atoms with Crippen molar-refractivity contribution >= 4 is 38.5 Å². The number of rotatable bonds is 9. The van der Waals surface area contributed by atoms with Crippen LogP contribution in [0.5, 0.6) is 6.01 Å². The number of nitrogens with one attached hydrogen (secondary N) is 2. The van der Waals surface area contributed by atoms with Crippen molar-refractivity contribution in [1.82, 2.24) is 19.9 Å². The molecule has 0 amide bonds. The van der Waals surface area contributed by atoms with Gasteiger partial charge in [0.15, 0.2) is 11.6 Å². The minimum atomic E-state index is -4.14. The summed E-state index contributed by atoms with van der Waals surface area (Å²) < 4.78 is 46.3. The number of benzene rings is 1. The molecular weight excluding hydrogens is 481 g/mol. The number of ketones is 1. The number of aromatic amines is 1. The van der Waals surface area contributed by atoms with Crippen molar-refractivity contribution in [3.05, 3.63) is 66.0 Å². The highest BCUT2D eigenvalue weighted by Crippen LogP contribution is 2.28. The zero-order chi connectivity index (χ0) is 25.2. The van der Waals surface area contributed by atoms with Crippen molar-refractivity contribution in [2.75, 3.05) is 17.6 Å². The standard InChI is InChI=1S/C22H18FN5O6S/c1-34-22-26-9-13(10-27-22)12-7-15-16(11-25-21(15)24-8-12)20(31)14-3-2-4-17(19(14)23)28-35(32,33)6-5-18(29)30/h2-4,7-11,28H,5-6H2,1H3,(H,24,25)(H,29,30). The van der Waals surface area contributed by atoms with Gasteiger partial charge < -0.3 is 14.8 Å². The number of H-pyrrole nitrogens is 1. The number of carboxylic acids is 1. The van der Waals surface area contributed by atoms with Crippen LogP contribution in [-0.4, -0.2) is 58.1 Å². The van der Waals surface area contributed by atoms with E-state index in [-0.39, 0.29) is 17.1 Å². The molecule has 13 heteroatoms. The number of ether oxygens (including phenoxy) is 1. The molecule has 0 saturated heterocycles. The summed E-state index contributed by atoms with van der Waals surface area (Å²) in [5, 5.41) is 9.10. The number of nitrogens with zero attached hydrogens (tertiary/aromatic N) is 3. The number of hydrogen-bond acceptors (Lipinski definition) is 8. The smallest absolute Gasteiger partial charge is 0.316 e. The molecule has 0 spiro atoms. The molecule has 0 aliphatic rings. The summed E-state index contributed by atoms with van der Waals surface area (Å²) in [7, 11) is -2.70. The van der Waals surface area contributed by atoms with Crippen molar-refractivity contribution in [2.24, 2.45) is 0 Å². The molecule has 4 aromatic rings. The minimum Gasteiger partial charge on any atom is -0.481 e. The highest BCUT2D eigenvalue weighted by molar-refractivity contribution is 7.92. The average molecular weight is 499 g/mol. The summed E-state index contributed by atoms with van der Waals surface area (Å²) in [5.74, 6) is -3.84. The van der Waals surface area contributed by atoms with Crippen LogP contribution in [0, 0.1) is 5.82 Å². The molecule has 3 heterocycles. The summed E-state index contributed by atoms with van der Waals surface area (Å²) in [6.45, 7) is 0. The summed E-state index contributed by atoms with van der Waals surface area (Å²) in [5.41, 5.74) is 0.891. The second kappa shape index (κ2) is 9.46. The van der Waals surface area contributed by atoms with Gasteiger partial charge in [0.05, 0.1) is 30.5 Å². The van der Waals surface area contributed by atoms with Gasteiger partial charge in [0.2, 0.25) is 10.0 Å². The van der Waals surface area contributed by atoms with Crippen LogP contribution in [0.25, 0.3) is 22.2 Å². The van der Waals surface area contributed by atoms with Gasteiger partial charge in [-0.3, -0.25) is 14.3 Å². The number of pyridine rings is 1. The number of aromatic nitrogens is 4. The highest BCUT2D eigenvalue weighted by atomic mass is 32.2. The number of anilines is 1. The number of sulfonamides is 1. The topological polar surface area (TPSA) is 164 Å². The fraction of sp³-hybridized carbons (Fsp3) is 0.136. The average Bonchev–Trinajstić information content (AvgIpc) is 3.27. The zero-order valence-electron chi connectivity index (χ0n) is 18.1. The van der Waals surface area contributed by atoms with Crippen molar-refractivity contribution in [1.29, 1.82) is 0 Å². The van der Waals surface area contributed by atoms with Crippen LogP contribution in [0.15, 0.2) is 49.1 Å². The van der Waals surface area contributed by atoms with Gasteiger partial charge in [0.1, 0.15) is 5.65 Å². The van der Waals surface area contributed by atoms with Crippen LogP contribution < -0.4 is 9.46 Å². The number of carboxylic acid groups (broad SMARTS) is 1. The summed E-state index contributed by atoms with van der Waals surface area (Å²) >= 11 is 0. The monoisotopic (exact) mass is 499 g/mol. The Morgan fingerprint density at radius 2 is 1.83 bits per heavy atom. The van der Waals surface area contributed by atoms with Gasteiger partial charge in [-0.2, -0.15) is 0 Å². The molecule has 0 saturated carbocycles. The summed E-state index contributed by atoms with van der Waals surface area (Å²) in [6, 6.07) is 5.55. The Balaban J connectivity index is 1.67. The molecular formula is C22H18FN5O6S. The first kappa shape index (κ1) is 23.8. The van der Waals surface area contributed by atoms with E-state index in [0.717, 1.165) is 6.07 Å². The first-order chi connectivity index (χ1) is 16.7. The third-order valence-corrected chi connectivity index (χ3v) is 6.29. The van der Waals surface area contributed by atoms with Crippen LogP contribution >= 0.6 is 0 Å². The van der Waals surface area contributed by atoms with E-state index >= 15 is 4.39 Å². The fourth-order valence-electron chi connectivity index (χ4n) is 3.29. The number of methoxy groups -OCH3 is 1. The number of hydrogen-bond donors (Lipinski definition) is 3. The van der Waals surface area contributed by atoms with E-state index < -0.39 is 45.5 Å². The molecule has 0 atom stereocenters. The molecule has 180 valence electrons. The molecule has 0 unspecified atom stereocenters. The van der Waals surface area contributed by atoms with Gasteiger partial charge in [-0.05, 0) is 18.2 Å². The maximum atomic E-state index is 15.1. The quantitative estimate of drug-likeness (QED) is 0.294. The van der Waals surface area contributed by atoms with Crippen LogP contribution in [0.4, 0.5) is 10.1 Å². The van der Waals surface area contributed by atoms with E-state index in [1.165, 1.54) is 37.8 Å². The lowest BCUT2D eigenvalue weighted by molar-refractivity contribution is -0.136. The Morgan fingerprint density at radius 3 is 2.51 bits per heavy atom. The lowest BCUT2D eigenvalue weighted by Crippen LogP contribution is -2.20. The molecule has 0 radical (unpaired) electrons. The molecule has 0 fully saturated rings. The number of carbonyl (C=O) groups excluding carboxylic acids is 1. The van der Waals surface area contributed by atoms with E-state index in [4.69, 9.17) is 9.84 Å². The van der Waals surface area contributed by atoms with Gasteiger partial charge in [-0.15, -0.1) is 0 Å². The second-order valence-electron chi connectivity index (χ2n) is 7.34. The Bertz CT molecular complexity index is 1540. The van der Waals surface area contributed by atoms with Gasteiger partial charge in [0, 0.05) is 46.9 Å².